The van der Waals surface area contributed by atoms with Crippen molar-refractivity contribution in [1.82, 2.24) is 9.47 Å². The molecule has 5 nitrogen and oxygen atoms in total. The molecule has 2 fully saturated rings. The molecule has 1 aliphatic heterocycles. The first-order valence-electron chi connectivity index (χ1n) is 10.9. The summed E-state index contributed by atoms with van der Waals surface area (Å²) in [6.07, 6.45) is 6.36. The molecule has 0 spiro atoms. The van der Waals surface area contributed by atoms with Gasteiger partial charge in [0.15, 0.2) is 4.74 Å². The van der Waals surface area contributed by atoms with Crippen LogP contribution in [-0.4, -0.2) is 33.9 Å². The molecule has 0 amide bonds. The minimum absolute atomic E-state index is 0.123. The summed E-state index contributed by atoms with van der Waals surface area (Å²) in [4.78, 5) is 2.50. The maximum absolute atomic E-state index is 8.23. The van der Waals surface area contributed by atoms with E-state index in [1.165, 1.54) is 11.1 Å². The fraction of sp³-hybridized carbons (Fsp3) is 0.500. The lowest BCUT2D eigenvalue weighted by Gasteiger charge is -2.39. The van der Waals surface area contributed by atoms with Gasteiger partial charge in [0.1, 0.15) is 11.2 Å². The highest BCUT2D eigenvalue weighted by molar-refractivity contribution is 9.18. The van der Waals surface area contributed by atoms with Crippen molar-refractivity contribution in [3.05, 3.63) is 57.7 Å². The number of hydrogen-bond donors (Lipinski definition) is 2. The van der Waals surface area contributed by atoms with Crippen LogP contribution in [0.3, 0.4) is 0 Å². The lowest BCUT2D eigenvalue weighted by atomic mass is 9.81. The average molecular weight is 506 g/mol. The molecular weight excluding hydrogens is 476 g/mol. The molecule has 1 saturated carbocycles. The van der Waals surface area contributed by atoms with Gasteiger partial charge < -0.3 is 4.74 Å². The van der Waals surface area contributed by atoms with Crippen LogP contribution in [0.2, 0.25) is 5.02 Å². The van der Waals surface area contributed by atoms with Gasteiger partial charge in [0, 0.05) is 34.8 Å². The number of piperidine rings is 1. The van der Waals surface area contributed by atoms with Gasteiger partial charge in [-0.15, -0.1) is 0 Å². The molecule has 0 unspecified atom stereocenters. The molecule has 1 aliphatic carbocycles. The second-order valence-corrected chi connectivity index (χ2v) is 10.6. The smallest absolute Gasteiger partial charge is 0.175 e. The maximum Gasteiger partial charge on any atom is 0.175 e. The van der Waals surface area contributed by atoms with Gasteiger partial charge in [-0.25, -0.2) is 0 Å². The van der Waals surface area contributed by atoms with Crippen molar-refractivity contribution in [2.45, 2.75) is 52.0 Å². The Balaban J connectivity index is 1.38. The predicted octanol–water partition coefficient (Wildman–Crippen LogP) is 5.67. The summed E-state index contributed by atoms with van der Waals surface area (Å²) in [5.74, 6) is 1.31. The van der Waals surface area contributed by atoms with Gasteiger partial charge in [-0.3, -0.25) is 20.3 Å². The normalized spacial score (nSPS) is 18.7. The van der Waals surface area contributed by atoms with E-state index in [0.29, 0.717) is 12.5 Å². The van der Waals surface area contributed by atoms with E-state index >= 15 is 0 Å². The van der Waals surface area contributed by atoms with Gasteiger partial charge >= 0.3 is 0 Å². The highest BCUT2D eigenvalue weighted by Crippen LogP contribution is 2.44. The van der Waals surface area contributed by atoms with Crippen molar-refractivity contribution in [2.75, 3.05) is 19.7 Å². The zero-order valence-electron chi connectivity index (χ0n) is 18.2. The van der Waals surface area contributed by atoms with Crippen molar-refractivity contribution >= 4 is 32.3 Å². The Bertz CT molecular complexity index is 1020. The number of aryl methyl sites for hydroxylation is 1. The molecule has 0 atom stereocenters. The molecule has 2 N–H and O–H groups in total. The van der Waals surface area contributed by atoms with Crippen LogP contribution >= 0.6 is 27.5 Å². The Morgan fingerprint density at radius 1 is 1.23 bits per heavy atom. The number of benzene rings is 1. The van der Waals surface area contributed by atoms with Gasteiger partial charge in [0.05, 0.1) is 6.61 Å². The third kappa shape index (κ3) is 5.60. The Labute approximate surface area is 197 Å². The molecule has 2 aliphatic rings. The summed E-state index contributed by atoms with van der Waals surface area (Å²) < 4.78 is 8.06. The third-order valence-electron chi connectivity index (χ3n) is 6.46. The molecule has 2 aromatic rings. The monoisotopic (exact) mass is 504 g/mol. The molecule has 1 aromatic heterocycles. The molecule has 2 heterocycles. The zero-order valence-corrected chi connectivity index (χ0v) is 20.5. The van der Waals surface area contributed by atoms with Crippen molar-refractivity contribution in [2.24, 2.45) is 5.41 Å². The first-order chi connectivity index (χ1) is 14.7. The van der Waals surface area contributed by atoms with Crippen molar-refractivity contribution < 1.29 is 4.74 Å². The summed E-state index contributed by atoms with van der Waals surface area (Å²) in [5.41, 5.74) is 3.99. The van der Waals surface area contributed by atoms with E-state index in [4.69, 9.17) is 27.2 Å². The van der Waals surface area contributed by atoms with Gasteiger partial charge in [-0.1, -0.05) is 24.6 Å². The number of likely N-dealkylation sites (tertiary alicyclic amines) is 1. The first-order valence-corrected chi connectivity index (χ1v) is 12.1. The SMILES string of the molecule is Cc1cc(Cl)cc(CN2CCC(C)(COc3cc(=N)n(C(=N)Br)cc3C3CC3)CC2)c1. The van der Waals surface area contributed by atoms with E-state index in [9.17, 15) is 0 Å². The van der Waals surface area contributed by atoms with E-state index in [2.05, 4.69) is 46.8 Å². The molecule has 1 aromatic carbocycles. The number of nitrogens with one attached hydrogen (secondary N) is 2. The molecule has 0 radical (unpaired) electrons. The van der Waals surface area contributed by atoms with Gasteiger partial charge in [0.25, 0.3) is 0 Å². The lowest BCUT2D eigenvalue weighted by molar-refractivity contribution is 0.0651. The van der Waals surface area contributed by atoms with E-state index in [0.717, 1.165) is 61.7 Å². The Hall–Kier alpha value is -1.63. The van der Waals surface area contributed by atoms with Crippen LogP contribution in [0.4, 0.5) is 0 Å². The largest absolute Gasteiger partial charge is 0.493 e. The lowest BCUT2D eigenvalue weighted by Crippen LogP contribution is -2.41. The number of pyridine rings is 1. The fourth-order valence-electron chi connectivity index (χ4n) is 4.35. The van der Waals surface area contributed by atoms with Crippen LogP contribution in [-0.2, 0) is 6.54 Å². The van der Waals surface area contributed by atoms with Crippen LogP contribution in [0.1, 0.15) is 55.2 Å². The zero-order chi connectivity index (χ0) is 22.2. The number of ether oxygens (including phenoxy) is 1. The standard InChI is InChI=1S/C24H30BrClN4O/c1-16-9-17(11-19(26)10-16)13-29-7-5-24(2,6-8-29)15-31-21-12-22(27)30(23(25)28)14-20(21)18-3-4-18/h9-12,14,18,27-28H,3-8,13,15H2,1-2H3. The van der Waals surface area contributed by atoms with E-state index in [-0.39, 0.29) is 15.6 Å². The Kier molecular flexibility index (Phi) is 6.61. The van der Waals surface area contributed by atoms with E-state index in [1.54, 1.807) is 10.6 Å². The predicted molar refractivity (Wildman–Crippen MR) is 129 cm³/mol. The second kappa shape index (κ2) is 9.08. The molecule has 0 bridgehead atoms. The van der Waals surface area contributed by atoms with Gasteiger partial charge in [0.2, 0.25) is 0 Å². The summed E-state index contributed by atoms with van der Waals surface area (Å²) in [5, 5.41) is 16.9. The maximum atomic E-state index is 8.23. The molecule has 1 saturated heterocycles. The number of aromatic nitrogens is 1. The van der Waals surface area contributed by atoms with Gasteiger partial charge in [-0.05, 0) is 90.8 Å². The van der Waals surface area contributed by atoms with Crippen molar-refractivity contribution in [3.8, 4) is 5.75 Å². The first kappa shape index (κ1) is 22.6. The number of hydrogen-bond acceptors (Lipinski definition) is 4. The molecule has 4 rings (SSSR count). The molecule has 166 valence electrons. The fourth-order valence-corrected chi connectivity index (χ4v) is 4.95. The highest BCUT2D eigenvalue weighted by Gasteiger charge is 2.33. The number of nitrogens with zero attached hydrogens (tertiary/aromatic N) is 2. The quantitative estimate of drug-likeness (QED) is 0.393. The van der Waals surface area contributed by atoms with Crippen LogP contribution in [0.5, 0.6) is 5.75 Å². The Morgan fingerprint density at radius 3 is 2.55 bits per heavy atom. The third-order valence-corrected chi connectivity index (χ3v) is 7.06. The Morgan fingerprint density at radius 2 is 1.94 bits per heavy atom. The molecule has 31 heavy (non-hydrogen) atoms. The molecular formula is C24H30BrClN4O. The molecule has 7 heteroatoms. The minimum Gasteiger partial charge on any atom is -0.493 e. The second-order valence-electron chi connectivity index (χ2n) is 9.43. The summed E-state index contributed by atoms with van der Waals surface area (Å²) in [6, 6.07) is 8.05. The average Bonchev–Trinajstić information content (AvgIpc) is 3.53. The summed E-state index contributed by atoms with van der Waals surface area (Å²) in [6.45, 7) is 8.07. The van der Waals surface area contributed by atoms with Gasteiger partial charge in [-0.2, -0.15) is 0 Å². The van der Waals surface area contributed by atoms with Crippen LogP contribution < -0.4 is 10.2 Å². The number of rotatable bonds is 6. The van der Waals surface area contributed by atoms with E-state index < -0.39 is 0 Å². The summed E-state index contributed by atoms with van der Waals surface area (Å²) >= 11 is 9.41. The summed E-state index contributed by atoms with van der Waals surface area (Å²) in [7, 11) is 0. The van der Waals surface area contributed by atoms with Crippen molar-refractivity contribution in [1.29, 1.82) is 10.8 Å². The van der Waals surface area contributed by atoms with Crippen LogP contribution in [0.15, 0.2) is 30.5 Å². The van der Waals surface area contributed by atoms with Crippen LogP contribution in [0, 0.1) is 23.2 Å². The van der Waals surface area contributed by atoms with Crippen LogP contribution in [0.25, 0.3) is 0 Å². The highest BCUT2D eigenvalue weighted by atomic mass is 79.9. The van der Waals surface area contributed by atoms with Crippen molar-refractivity contribution in [3.63, 3.8) is 0 Å². The van der Waals surface area contributed by atoms with E-state index in [1.807, 2.05) is 12.3 Å². The minimum atomic E-state index is 0.123. The number of halogens is 2. The topological polar surface area (TPSA) is 65.1 Å².